The van der Waals surface area contributed by atoms with Crippen molar-refractivity contribution >= 4 is 5.69 Å². The van der Waals surface area contributed by atoms with E-state index in [1.165, 1.54) is 6.07 Å². The van der Waals surface area contributed by atoms with Gasteiger partial charge in [-0.3, -0.25) is 0 Å². The Kier molecular flexibility index (Phi) is 5.91. The fourth-order valence-electron chi connectivity index (χ4n) is 1.45. The molecular formula is C13H17F4NO2. The maximum Gasteiger partial charge on any atom is 0.389 e. The molecule has 0 aliphatic heterocycles. The molecular weight excluding hydrogens is 278 g/mol. The van der Waals surface area contributed by atoms with E-state index in [1.54, 1.807) is 0 Å². The molecule has 0 radical (unpaired) electrons. The predicted molar refractivity (Wildman–Crippen MR) is 67.4 cm³/mol. The largest absolute Gasteiger partial charge is 0.491 e. The Hall–Kier alpha value is -1.66. The van der Waals surface area contributed by atoms with Crippen LogP contribution in [-0.4, -0.2) is 19.4 Å². The van der Waals surface area contributed by atoms with Gasteiger partial charge in [0.25, 0.3) is 0 Å². The standard InChI is InChI=1S/C13H17F4NO2/c1-2-5-19-11-8-12(10(18)7-9(11)14)20-6-3-4-13(15,16)17/h7-8H,2-6,18H2,1H3. The molecule has 0 heterocycles. The first kappa shape index (κ1) is 16.4. The van der Waals surface area contributed by atoms with Gasteiger partial charge in [-0.05, 0) is 12.8 Å². The molecule has 0 saturated heterocycles. The zero-order chi connectivity index (χ0) is 15.2. The van der Waals surface area contributed by atoms with Crippen LogP contribution in [-0.2, 0) is 0 Å². The number of benzene rings is 1. The molecule has 3 nitrogen and oxygen atoms in total. The van der Waals surface area contributed by atoms with E-state index in [0.29, 0.717) is 13.0 Å². The van der Waals surface area contributed by atoms with E-state index in [9.17, 15) is 17.6 Å². The van der Waals surface area contributed by atoms with Crippen LogP contribution in [0.4, 0.5) is 23.2 Å². The summed E-state index contributed by atoms with van der Waals surface area (Å²) in [6.07, 6.45) is -4.64. The van der Waals surface area contributed by atoms with Gasteiger partial charge in [0.05, 0.1) is 18.9 Å². The number of ether oxygens (including phenoxy) is 2. The van der Waals surface area contributed by atoms with E-state index in [2.05, 4.69) is 0 Å². The molecule has 114 valence electrons. The maximum atomic E-state index is 13.5. The molecule has 0 unspecified atom stereocenters. The van der Waals surface area contributed by atoms with Gasteiger partial charge in [-0.15, -0.1) is 0 Å². The van der Waals surface area contributed by atoms with Crippen LogP contribution < -0.4 is 15.2 Å². The summed E-state index contributed by atoms with van der Waals surface area (Å²) in [4.78, 5) is 0. The SMILES string of the molecule is CCCOc1cc(OCCCC(F)(F)F)c(N)cc1F. The van der Waals surface area contributed by atoms with Crippen LogP contribution in [0.2, 0.25) is 0 Å². The van der Waals surface area contributed by atoms with E-state index in [1.807, 2.05) is 6.92 Å². The maximum absolute atomic E-state index is 13.5. The Morgan fingerprint density at radius 3 is 2.35 bits per heavy atom. The van der Waals surface area contributed by atoms with Crippen LogP contribution in [0.5, 0.6) is 11.5 Å². The third kappa shape index (κ3) is 5.54. The number of anilines is 1. The summed E-state index contributed by atoms with van der Waals surface area (Å²) < 4.78 is 59.7. The first-order valence-electron chi connectivity index (χ1n) is 6.25. The Morgan fingerprint density at radius 2 is 1.75 bits per heavy atom. The summed E-state index contributed by atoms with van der Waals surface area (Å²) in [5.74, 6) is -0.523. The minimum atomic E-state index is -4.22. The number of hydrogen-bond donors (Lipinski definition) is 1. The fraction of sp³-hybridized carbons (Fsp3) is 0.538. The van der Waals surface area contributed by atoms with Gasteiger partial charge in [-0.2, -0.15) is 13.2 Å². The van der Waals surface area contributed by atoms with Crippen molar-refractivity contribution < 1.29 is 27.0 Å². The molecule has 0 spiro atoms. The van der Waals surface area contributed by atoms with Gasteiger partial charge in [0, 0.05) is 18.6 Å². The number of nitrogen functional groups attached to an aromatic ring is 1. The van der Waals surface area contributed by atoms with Crippen LogP contribution in [0, 0.1) is 5.82 Å². The van der Waals surface area contributed by atoms with Gasteiger partial charge in [-0.25, -0.2) is 4.39 Å². The Bertz CT molecular complexity index is 435. The van der Waals surface area contributed by atoms with E-state index >= 15 is 0 Å². The van der Waals surface area contributed by atoms with E-state index in [4.69, 9.17) is 15.2 Å². The quantitative estimate of drug-likeness (QED) is 0.471. The summed E-state index contributed by atoms with van der Waals surface area (Å²) in [5.41, 5.74) is 5.57. The number of halogens is 4. The van der Waals surface area contributed by atoms with E-state index in [-0.39, 0.29) is 30.2 Å². The fourth-order valence-corrected chi connectivity index (χ4v) is 1.45. The molecule has 2 N–H and O–H groups in total. The van der Waals surface area contributed by atoms with Crippen molar-refractivity contribution in [1.29, 1.82) is 0 Å². The van der Waals surface area contributed by atoms with Gasteiger partial charge in [0.2, 0.25) is 0 Å². The summed E-state index contributed by atoms with van der Waals surface area (Å²) in [5, 5.41) is 0. The van der Waals surface area contributed by atoms with Gasteiger partial charge >= 0.3 is 6.18 Å². The van der Waals surface area contributed by atoms with Crippen molar-refractivity contribution in [2.24, 2.45) is 0 Å². The minimum Gasteiger partial charge on any atom is -0.491 e. The number of hydrogen-bond acceptors (Lipinski definition) is 3. The highest BCUT2D eigenvalue weighted by atomic mass is 19.4. The lowest BCUT2D eigenvalue weighted by Crippen LogP contribution is -2.10. The van der Waals surface area contributed by atoms with Crippen molar-refractivity contribution in [2.75, 3.05) is 18.9 Å². The van der Waals surface area contributed by atoms with Crippen LogP contribution in [0.1, 0.15) is 26.2 Å². The lowest BCUT2D eigenvalue weighted by Gasteiger charge is -2.13. The number of nitrogens with two attached hydrogens (primary N) is 1. The zero-order valence-electron chi connectivity index (χ0n) is 11.1. The van der Waals surface area contributed by atoms with Gasteiger partial charge < -0.3 is 15.2 Å². The normalized spacial score (nSPS) is 11.4. The number of alkyl halides is 3. The second kappa shape index (κ2) is 7.21. The van der Waals surface area contributed by atoms with Crippen LogP contribution >= 0.6 is 0 Å². The summed E-state index contributed by atoms with van der Waals surface area (Å²) in [6, 6.07) is 2.29. The van der Waals surface area contributed by atoms with Crippen molar-refractivity contribution in [2.45, 2.75) is 32.4 Å². The Balaban J connectivity index is 2.60. The van der Waals surface area contributed by atoms with Crippen molar-refractivity contribution in [3.05, 3.63) is 17.9 Å². The van der Waals surface area contributed by atoms with Gasteiger partial charge in [0.15, 0.2) is 11.6 Å². The minimum absolute atomic E-state index is 0.0214. The highest BCUT2D eigenvalue weighted by molar-refractivity contribution is 5.56. The third-order valence-corrected chi connectivity index (χ3v) is 2.39. The van der Waals surface area contributed by atoms with Crippen molar-refractivity contribution in [3.63, 3.8) is 0 Å². The molecule has 0 aliphatic carbocycles. The topological polar surface area (TPSA) is 44.5 Å². The van der Waals surface area contributed by atoms with Crippen LogP contribution in [0.15, 0.2) is 12.1 Å². The Labute approximate surface area is 114 Å². The lowest BCUT2D eigenvalue weighted by atomic mass is 10.2. The molecule has 0 bridgehead atoms. The summed E-state index contributed by atoms with van der Waals surface area (Å²) >= 11 is 0. The van der Waals surface area contributed by atoms with E-state index in [0.717, 1.165) is 6.07 Å². The van der Waals surface area contributed by atoms with E-state index < -0.39 is 18.4 Å². The average Bonchev–Trinajstić information content (AvgIpc) is 2.34. The first-order chi connectivity index (χ1) is 9.33. The molecule has 1 aromatic rings. The smallest absolute Gasteiger partial charge is 0.389 e. The second-order valence-corrected chi connectivity index (χ2v) is 4.24. The molecule has 1 aromatic carbocycles. The first-order valence-corrected chi connectivity index (χ1v) is 6.25. The highest BCUT2D eigenvalue weighted by Crippen LogP contribution is 2.30. The van der Waals surface area contributed by atoms with Gasteiger partial charge in [0.1, 0.15) is 5.75 Å². The van der Waals surface area contributed by atoms with Crippen LogP contribution in [0.25, 0.3) is 0 Å². The Morgan fingerprint density at radius 1 is 1.10 bits per heavy atom. The highest BCUT2D eigenvalue weighted by Gasteiger charge is 2.26. The average molecular weight is 295 g/mol. The van der Waals surface area contributed by atoms with Crippen LogP contribution in [0.3, 0.4) is 0 Å². The lowest BCUT2D eigenvalue weighted by molar-refractivity contribution is -0.136. The third-order valence-electron chi connectivity index (χ3n) is 2.39. The monoisotopic (exact) mass is 295 g/mol. The van der Waals surface area contributed by atoms with Crippen molar-refractivity contribution in [1.82, 2.24) is 0 Å². The molecule has 0 aromatic heterocycles. The number of rotatable bonds is 7. The molecule has 0 aliphatic rings. The summed E-state index contributed by atoms with van der Waals surface area (Å²) in [7, 11) is 0. The molecule has 0 saturated carbocycles. The predicted octanol–water partition coefficient (Wildman–Crippen LogP) is 3.92. The molecule has 1 rings (SSSR count). The second-order valence-electron chi connectivity index (χ2n) is 4.24. The summed E-state index contributed by atoms with van der Waals surface area (Å²) in [6.45, 7) is 2.04. The molecule has 0 amide bonds. The zero-order valence-corrected chi connectivity index (χ0v) is 11.1. The van der Waals surface area contributed by atoms with Gasteiger partial charge in [-0.1, -0.05) is 6.92 Å². The van der Waals surface area contributed by atoms with Crippen molar-refractivity contribution in [3.8, 4) is 11.5 Å². The molecule has 7 heteroatoms. The molecule has 0 atom stereocenters. The molecule has 20 heavy (non-hydrogen) atoms. The molecule has 0 fully saturated rings.